The van der Waals surface area contributed by atoms with Gasteiger partial charge in [-0.15, -0.1) is 0 Å². The minimum Gasteiger partial charge on any atom is -0.497 e. The van der Waals surface area contributed by atoms with Crippen molar-refractivity contribution in [1.82, 2.24) is 15.1 Å². The zero-order valence-corrected chi connectivity index (χ0v) is 18.3. The molecule has 0 radical (unpaired) electrons. The predicted molar refractivity (Wildman–Crippen MR) is 118 cm³/mol. The number of nitrogens with one attached hydrogen (secondary N) is 1. The molecular formula is C24H27N3O4. The Bertz CT molecular complexity index is 1140. The van der Waals surface area contributed by atoms with Crippen LogP contribution in [-0.2, 0) is 23.3 Å². The highest BCUT2D eigenvalue weighted by Gasteiger charge is 2.49. The maximum absolute atomic E-state index is 13.3. The van der Waals surface area contributed by atoms with E-state index in [1.165, 1.54) is 4.90 Å². The fourth-order valence-corrected chi connectivity index (χ4v) is 4.12. The topological polar surface area (TPSA) is 75.0 Å². The third-order valence-electron chi connectivity index (χ3n) is 5.84. The van der Waals surface area contributed by atoms with Crippen molar-refractivity contribution in [1.29, 1.82) is 0 Å². The summed E-state index contributed by atoms with van der Waals surface area (Å²) in [4.78, 5) is 29.2. The molecule has 0 spiro atoms. The number of hydrogen-bond donors (Lipinski definition) is 1. The number of urea groups is 1. The van der Waals surface area contributed by atoms with E-state index in [9.17, 15) is 9.59 Å². The first-order chi connectivity index (χ1) is 14.9. The van der Waals surface area contributed by atoms with Crippen molar-refractivity contribution in [2.45, 2.75) is 32.4 Å². The molecule has 0 aliphatic carbocycles. The first-order valence-corrected chi connectivity index (χ1v) is 10.3. The van der Waals surface area contributed by atoms with Crippen LogP contribution < -0.4 is 10.1 Å². The number of fused-ring (bicyclic) bond motifs is 1. The Labute approximate surface area is 181 Å². The summed E-state index contributed by atoms with van der Waals surface area (Å²) in [6.45, 7) is 4.51. The summed E-state index contributed by atoms with van der Waals surface area (Å²) in [7, 11) is 3.46. The van der Waals surface area contributed by atoms with Crippen molar-refractivity contribution in [3.8, 4) is 5.75 Å². The van der Waals surface area contributed by atoms with Crippen LogP contribution in [0.5, 0.6) is 5.75 Å². The number of benzene rings is 2. The van der Waals surface area contributed by atoms with Crippen LogP contribution in [0.2, 0.25) is 0 Å². The lowest BCUT2D eigenvalue weighted by atomic mass is 9.92. The highest BCUT2D eigenvalue weighted by molar-refractivity contribution is 6.07. The Balaban J connectivity index is 1.54. The Hall–Kier alpha value is -3.32. The molecule has 2 heterocycles. The minimum atomic E-state index is -1.14. The molecule has 3 aromatic rings. The van der Waals surface area contributed by atoms with Crippen LogP contribution in [0.25, 0.3) is 11.0 Å². The van der Waals surface area contributed by atoms with Crippen molar-refractivity contribution in [3.05, 3.63) is 65.4 Å². The fraction of sp³-hybridized carbons (Fsp3) is 0.333. The Morgan fingerprint density at radius 3 is 2.68 bits per heavy atom. The van der Waals surface area contributed by atoms with Crippen molar-refractivity contribution in [3.63, 3.8) is 0 Å². The molecule has 1 aromatic heterocycles. The molecule has 1 aliphatic heterocycles. The number of imide groups is 1. The molecule has 0 unspecified atom stereocenters. The number of aryl methyl sites for hydroxylation is 1. The zero-order valence-electron chi connectivity index (χ0n) is 18.3. The molecule has 1 aliphatic rings. The molecule has 31 heavy (non-hydrogen) atoms. The highest BCUT2D eigenvalue weighted by atomic mass is 16.5. The monoisotopic (exact) mass is 421 g/mol. The van der Waals surface area contributed by atoms with E-state index in [2.05, 4.69) is 12.2 Å². The molecule has 2 aromatic carbocycles. The molecule has 4 rings (SSSR count). The van der Waals surface area contributed by atoms with E-state index in [1.54, 1.807) is 26.2 Å². The number of hydrogen-bond acceptors (Lipinski definition) is 5. The first-order valence-electron chi connectivity index (χ1n) is 10.3. The van der Waals surface area contributed by atoms with Crippen molar-refractivity contribution in [2.75, 3.05) is 20.8 Å². The molecule has 1 N–H and O–H groups in total. The van der Waals surface area contributed by atoms with E-state index in [4.69, 9.17) is 9.15 Å². The number of methoxy groups -OCH3 is 1. The van der Waals surface area contributed by atoms with Gasteiger partial charge in [0.25, 0.3) is 5.91 Å². The molecule has 1 fully saturated rings. The molecular weight excluding hydrogens is 394 g/mol. The first kappa shape index (κ1) is 20.9. The summed E-state index contributed by atoms with van der Waals surface area (Å²) in [5.74, 6) is 1.27. The average molecular weight is 421 g/mol. The number of rotatable bonds is 7. The van der Waals surface area contributed by atoms with Gasteiger partial charge in [0.05, 0.1) is 13.8 Å². The Morgan fingerprint density at radius 2 is 1.94 bits per heavy atom. The molecule has 0 bridgehead atoms. The lowest BCUT2D eigenvalue weighted by molar-refractivity contribution is -0.132. The third kappa shape index (κ3) is 3.65. The maximum Gasteiger partial charge on any atom is 0.326 e. The number of carbonyl (C=O) groups excluding carboxylic acids is 2. The smallest absolute Gasteiger partial charge is 0.326 e. The number of nitrogens with zero attached hydrogens (tertiary/aromatic N) is 2. The summed E-state index contributed by atoms with van der Waals surface area (Å²) in [6, 6.07) is 14.7. The van der Waals surface area contributed by atoms with Crippen molar-refractivity contribution in [2.24, 2.45) is 0 Å². The van der Waals surface area contributed by atoms with Gasteiger partial charge < -0.3 is 14.5 Å². The van der Waals surface area contributed by atoms with E-state index in [0.29, 0.717) is 17.9 Å². The van der Waals surface area contributed by atoms with Gasteiger partial charge in [0.2, 0.25) is 0 Å². The second-order valence-corrected chi connectivity index (χ2v) is 8.03. The lowest BCUT2D eigenvalue weighted by Crippen LogP contribution is -2.42. The highest BCUT2D eigenvalue weighted by Crippen LogP contribution is 2.32. The summed E-state index contributed by atoms with van der Waals surface area (Å²) >= 11 is 0. The van der Waals surface area contributed by atoms with Crippen LogP contribution in [0.4, 0.5) is 4.79 Å². The quantitative estimate of drug-likeness (QED) is 0.587. The van der Waals surface area contributed by atoms with E-state index >= 15 is 0 Å². The molecule has 1 atom stereocenters. The zero-order chi connectivity index (χ0) is 22.2. The van der Waals surface area contributed by atoms with Gasteiger partial charge in [0.1, 0.15) is 22.6 Å². The van der Waals surface area contributed by atoms with Crippen LogP contribution >= 0.6 is 0 Å². The average Bonchev–Trinajstić information content (AvgIpc) is 3.24. The van der Waals surface area contributed by atoms with Crippen LogP contribution in [0.15, 0.2) is 52.9 Å². The SMILES string of the molecule is CCc1oc2ccccc2c1CN(C)CN1C(=O)N[C@@](C)(c2cccc(OC)c2)C1=O. The van der Waals surface area contributed by atoms with Crippen LogP contribution in [-0.4, -0.2) is 42.6 Å². The van der Waals surface area contributed by atoms with Gasteiger partial charge in [0, 0.05) is 23.9 Å². The van der Waals surface area contributed by atoms with Crippen molar-refractivity contribution >= 4 is 22.9 Å². The van der Waals surface area contributed by atoms with Gasteiger partial charge in [-0.1, -0.05) is 37.3 Å². The molecule has 7 nitrogen and oxygen atoms in total. The van der Waals surface area contributed by atoms with Crippen LogP contribution in [0.1, 0.15) is 30.7 Å². The Morgan fingerprint density at radius 1 is 1.16 bits per heavy atom. The van der Waals surface area contributed by atoms with Crippen LogP contribution in [0, 0.1) is 0 Å². The number of furan rings is 1. The molecule has 0 saturated carbocycles. The van der Waals surface area contributed by atoms with Gasteiger partial charge in [0.15, 0.2) is 0 Å². The second kappa shape index (κ2) is 8.07. The van der Waals surface area contributed by atoms with Crippen molar-refractivity contribution < 1.29 is 18.7 Å². The summed E-state index contributed by atoms with van der Waals surface area (Å²) in [5.41, 5.74) is 1.49. The van der Waals surface area contributed by atoms with E-state index in [0.717, 1.165) is 28.7 Å². The largest absolute Gasteiger partial charge is 0.497 e. The lowest BCUT2D eigenvalue weighted by Gasteiger charge is -2.25. The molecule has 162 valence electrons. The number of ether oxygens (including phenoxy) is 1. The maximum atomic E-state index is 13.3. The molecule has 1 saturated heterocycles. The number of carbonyl (C=O) groups is 2. The van der Waals surface area contributed by atoms with Gasteiger partial charge in [-0.2, -0.15) is 0 Å². The standard InChI is InChI=1S/C24H27N3O4/c1-5-20-19(18-11-6-7-12-21(18)31-20)14-26(3)15-27-22(28)24(2,25-23(27)29)16-9-8-10-17(13-16)30-4/h6-13H,5,14-15H2,1-4H3,(H,25,29)/t24-/m0/s1. The van der Waals surface area contributed by atoms with Gasteiger partial charge >= 0.3 is 6.03 Å². The summed E-state index contributed by atoms with van der Waals surface area (Å²) in [6.07, 6.45) is 0.773. The summed E-state index contributed by atoms with van der Waals surface area (Å²) < 4.78 is 11.2. The molecule has 7 heteroatoms. The van der Waals surface area contributed by atoms with Gasteiger partial charge in [-0.05, 0) is 37.7 Å². The second-order valence-electron chi connectivity index (χ2n) is 8.03. The van der Waals surface area contributed by atoms with Crippen LogP contribution in [0.3, 0.4) is 0 Å². The predicted octanol–water partition coefficient (Wildman–Crippen LogP) is 3.86. The Kier molecular flexibility index (Phi) is 5.45. The van der Waals surface area contributed by atoms with E-state index < -0.39 is 11.6 Å². The summed E-state index contributed by atoms with van der Waals surface area (Å²) in [5, 5.41) is 3.91. The third-order valence-corrected chi connectivity index (χ3v) is 5.84. The fourth-order valence-electron chi connectivity index (χ4n) is 4.12. The van der Waals surface area contributed by atoms with E-state index in [1.807, 2.05) is 48.3 Å². The van der Waals surface area contributed by atoms with Gasteiger partial charge in [-0.25, -0.2) is 9.69 Å². The minimum absolute atomic E-state index is 0.173. The number of amides is 3. The molecule has 3 amide bonds. The van der Waals surface area contributed by atoms with Gasteiger partial charge in [-0.3, -0.25) is 9.69 Å². The number of para-hydroxylation sites is 1. The normalized spacial score (nSPS) is 18.8. The van der Waals surface area contributed by atoms with E-state index in [-0.39, 0.29) is 12.6 Å².